The molecule has 0 fully saturated rings. The van der Waals surface area contributed by atoms with Gasteiger partial charge in [0.2, 0.25) is 5.91 Å². The van der Waals surface area contributed by atoms with E-state index in [1.165, 1.54) is 6.20 Å². The molecule has 0 saturated heterocycles. The van der Waals surface area contributed by atoms with Crippen LogP contribution in [0.25, 0.3) is 0 Å². The molecule has 2 N–H and O–H groups in total. The lowest BCUT2D eigenvalue weighted by molar-refractivity contribution is -0.128. The van der Waals surface area contributed by atoms with Crippen LogP contribution in [0.3, 0.4) is 0 Å². The van der Waals surface area contributed by atoms with E-state index in [9.17, 15) is 9.59 Å². The summed E-state index contributed by atoms with van der Waals surface area (Å²) in [5, 5.41) is 0. The number of carbonyl (C=O) groups is 2. The van der Waals surface area contributed by atoms with Gasteiger partial charge in [0.15, 0.2) is 0 Å². The minimum absolute atomic E-state index is 0.218. The molecule has 0 radical (unpaired) electrons. The maximum Gasteiger partial charge on any atom is 0.288 e. The predicted molar refractivity (Wildman–Crippen MR) is 83.7 cm³/mol. The Balaban J connectivity index is 1.95. The number of amides is 2. The third kappa shape index (κ3) is 3.85. The summed E-state index contributed by atoms with van der Waals surface area (Å²) in [5.74, 6) is 1.33. The lowest BCUT2D eigenvalue weighted by Gasteiger charge is -2.29. The number of carbonyl (C=O) groups excluding carboxylic acids is 2. The fraction of sp³-hybridized carbons (Fsp3) is 0.400. The average molecular weight is 305 g/mol. The fourth-order valence-corrected chi connectivity index (χ4v) is 2.92. The van der Waals surface area contributed by atoms with Crippen molar-refractivity contribution in [1.29, 1.82) is 0 Å². The van der Waals surface area contributed by atoms with Gasteiger partial charge in [-0.25, -0.2) is 0 Å². The van der Waals surface area contributed by atoms with Crippen molar-refractivity contribution in [3.8, 4) is 0 Å². The van der Waals surface area contributed by atoms with Crippen LogP contribution in [0, 0.1) is 5.41 Å². The summed E-state index contributed by atoms with van der Waals surface area (Å²) in [6.07, 6.45) is 4.54. The minimum Gasteiger partial charge on any atom is -0.272 e. The Hall–Kier alpha value is -1.82. The van der Waals surface area contributed by atoms with Gasteiger partial charge in [0, 0.05) is 11.9 Å². The van der Waals surface area contributed by atoms with Gasteiger partial charge in [-0.15, -0.1) is 0 Å². The maximum atomic E-state index is 12.3. The van der Waals surface area contributed by atoms with Gasteiger partial charge >= 0.3 is 0 Å². The summed E-state index contributed by atoms with van der Waals surface area (Å²) in [7, 11) is 0. The summed E-state index contributed by atoms with van der Waals surface area (Å²) < 4.78 is 0. The number of aromatic nitrogens is 1. The second-order valence-electron chi connectivity index (χ2n) is 5.30. The third-order valence-corrected chi connectivity index (χ3v) is 4.42. The molecule has 0 bridgehead atoms. The van der Waals surface area contributed by atoms with Crippen LogP contribution in [0.4, 0.5) is 0 Å². The summed E-state index contributed by atoms with van der Waals surface area (Å²) in [5.41, 5.74) is 5.66. The van der Waals surface area contributed by atoms with Crippen molar-refractivity contribution in [2.24, 2.45) is 5.41 Å². The lowest BCUT2D eigenvalue weighted by atomic mass is 9.81. The zero-order chi connectivity index (χ0) is 15.3. The van der Waals surface area contributed by atoms with Crippen LogP contribution in [0.15, 0.2) is 36.0 Å². The largest absolute Gasteiger partial charge is 0.288 e. The molecule has 112 valence electrons. The molecule has 1 aromatic heterocycles. The van der Waals surface area contributed by atoms with Gasteiger partial charge in [-0.1, -0.05) is 17.7 Å². The summed E-state index contributed by atoms with van der Waals surface area (Å²) in [4.78, 5) is 28.1. The summed E-state index contributed by atoms with van der Waals surface area (Å²) in [6, 6.07) is 5.04. The highest BCUT2D eigenvalue weighted by Gasteiger charge is 2.32. The van der Waals surface area contributed by atoms with Crippen LogP contribution >= 0.6 is 11.8 Å². The number of hydrogen-bond donors (Lipinski definition) is 2. The number of hydrazine groups is 1. The number of nitrogens with one attached hydrogen (secondary N) is 2. The van der Waals surface area contributed by atoms with E-state index in [2.05, 4.69) is 21.9 Å². The van der Waals surface area contributed by atoms with Gasteiger partial charge in [0.1, 0.15) is 5.69 Å². The van der Waals surface area contributed by atoms with Crippen LogP contribution in [0.1, 0.15) is 30.8 Å². The first kappa shape index (κ1) is 15.6. The Labute approximate surface area is 128 Å². The van der Waals surface area contributed by atoms with Crippen molar-refractivity contribution >= 4 is 23.6 Å². The van der Waals surface area contributed by atoms with E-state index in [1.807, 2.05) is 25.6 Å². The van der Waals surface area contributed by atoms with Gasteiger partial charge in [0.25, 0.3) is 5.91 Å². The van der Waals surface area contributed by atoms with Crippen molar-refractivity contribution < 1.29 is 9.59 Å². The molecule has 0 unspecified atom stereocenters. The SMILES string of the molecule is CC(C)(C(=O)NNC(=O)c1ccccn1)C1=CCSCC1. The molecule has 1 aromatic rings. The molecule has 5 nitrogen and oxygen atoms in total. The van der Waals surface area contributed by atoms with E-state index >= 15 is 0 Å². The van der Waals surface area contributed by atoms with E-state index < -0.39 is 11.3 Å². The standard InChI is InChI=1S/C15H19N3O2S/c1-15(2,11-6-9-21-10-7-11)14(20)18-17-13(19)12-5-3-4-8-16-12/h3-6,8H,7,9-10H2,1-2H3,(H,17,19)(H,18,20). The molecule has 2 amide bonds. The second-order valence-corrected chi connectivity index (χ2v) is 6.45. The van der Waals surface area contributed by atoms with Crippen LogP contribution in [-0.2, 0) is 4.79 Å². The normalized spacial score (nSPS) is 15.0. The number of nitrogens with zero attached hydrogens (tertiary/aromatic N) is 1. The molecule has 6 heteroatoms. The van der Waals surface area contributed by atoms with Crippen molar-refractivity contribution in [1.82, 2.24) is 15.8 Å². The van der Waals surface area contributed by atoms with Gasteiger partial charge in [-0.3, -0.25) is 25.4 Å². The average Bonchev–Trinajstić information content (AvgIpc) is 2.53. The van der Waals surface area contributed by atoms with Crippen molar-refractivity contribution in [2.45, 2.75) is 20.3 Å². The number of hydrogen-bond acceptors (Lipinski definition) is 4. The number of pyridine rings is 1. The second kappa shape index (κ2) is 6.76. The summed E-state index contributed by atoms with van der Waals surface area (Å²) >= 11 is 1.86. The molecule has 0 aliphatic carbocycles. The van der Waals surface area contributed by atoms with Crippen LogP contribution < -0.4 is 10.9 Å². The fourth-order valence-electron chi connectivity index (χ4n) is 2.07. The first-order chi connectivity index (χ1) is 10.0. The zero-order valence-corrected chi connectivity index (χ0v) is 13.0. The molecule has 0 aromatic carbocycles. The summed E-state index contributed by atoms with van der Waals surface area (Å²) in [6.45, 7) is 3.74. The highest BCUT2D eigenvalue weighted by molar-refractivity contribution is 7.99. The topological polar surface area (TPSA) is 71.1 Å². The Bertz CT molecular complexity index is 555. The Morgan fingerprint density at radius 1 is 1.29 bits per heavy atom. The molecular formula is C15H19N3O2S. The van der Waals surface area contributed by atoms with Gasteiger partial charge < -0.3 is 0 Å². The lowest BCUT2D eigenvalue weighted by Crippen LogP contribution is -2.48. The first-order valence-electron chi connectivity index (χ1n) is 6.81. The number of thioether (sulfide) groups is 1. The van der Waals surface area contributed by atoms with Gasteiger partial charge in [0.05, 0.1) is 5.41 Å². The molecule has 0 saturated carbocycles. The van der Waals surface area contributed by atoms with E-state index in [0.717, 1.165) is 23.5 Å². The quantitative estimate of drug-likeness (QED) is 0.661. The highest BCUT2D eigenvalue weighted by atomic mass is 32.2. The number of rotatable bonds is 3. The highest BCUT2D eigenvalue weighted by Crippen LogP contribution is 2.33. The van der Waals surface area contributed by atoms with Crippen molar-refractivity contribution in [2.75, 3.05) is 11.5 Å². The molecule has 2 heterocycles. The van der Waals surface area contributed by atoms with Crippen LogP contribution in [0.2, 0.25) is 0 Å². The Morgan fingerprint density at radius 3 is 2.71 bits per heavy atom. The minimum atomic E-state index is -0.627. The molecule has 2 rings (SSSR count). The molecule has 21 heavy (non-hydrogen) atoms. The molecular weight excluding hydrogens is 286 g/mol. The zero-order valence-electron chi connectivity index (χ0n) is 12.2. The van der Waals surface area contributed by atoms with E-state index in [-0.39, 0.29) is 11.6 Å². The van der Waals surface area contributed by atoms with Crippen LogP contribution in [0.5, 0.6) is 0 Å². The molecule has 1 aliphatic heterocycles. The molecule has 0 spiro atoms. The molecule has 1 aliphatic rings. The Morgan fingerprint density at radius 2 is 2.10 bits per heavy atom. The van der Waals surface area contributed by atoms with Crippen molar-refractivity contribution in [3.05, 3.63) is 41.7 Å². The predicted octanol–water partition coefficient (Wildman–Crippen LogP) is 1.93. The smallest absolute Gasteiger partial charge is 0.272 e. The first-order valence-corrected chi connectivity index (χ1v) is 7.96. The maximum absolute atomic E-state index is 12.3. The van der Waals surface area contributed by atoms with Crippen LogP contribution in [-0.4, -0.2) is 28.3 Å². The van der Waals surface area contributed by atoms with Gasteiger partial charge in [-0.2, -0.15) is 11.8 Å². The van der Waals surface area contributed by atoms with Crippen molar-refractivity contribution in [3.63, 3.8) is 0 Å². The molecule has 0 atom stereocenters. The van der Waals surface area contributed by atoms with E-state index in [4.69, 9.17) is 0 Å². The van der Waals surface area contributed by atoms with Gasteiger partial charge in [-0.05, 0) is 38.2 Å². The van der Waals surface area contributed by atoms with E-state index in [0.29, 0.717) is 0 Å². The monoisotopic (exact) mass is 305 g/mol. The Kier molecular flexibility index (Phi) is 5.01. The van der Waals surface area contributed by atoms with E-state index in [1.54, 1.807) is 18.2 Å². The third-order valence-electron chi connectivity index (χ3n) is 3.52.